The molecule has 3 aliphatic rings. The summed E-state index contributed by atoms with van der Waals surface area (Å²) < 4.78 is 0. The Morgan fingerprint density at radius 3 is 2.28 bits per heavy atom. The van der Waals surface area contributed by atoms with Crippen LogP contribution in [0.25, 0.3) is 0 Å². The summed E-state index contributed by atoms with van der Waals surface area (Å²) in [6.07, 6.45) is 4.79. The normalized spacial score (nSPS) is 38.6. The predicted molar refractivity (Wildman–Crippen MR) is 70.4 cm³/mol. The van der Waals surface area contributed by atoms with Gasteiger partial charge in [-0.1, -0.05) is 37.3 Å². The molecule has 2 bridgehead atoms. The number of carbonyl (C=O) groups is 1. The second-order valence-electron chi connectivity index (χ2n) is 6.21. The van der Waals surface area contributed by atoms with Crippen molar-refractivity contribution < 1.29 is 9.90 Å². The van der Waals surface area contributed by atoms with Gasteiger partial charge in [0.2, 0.25) is 0 Å². The fraction of sp³-hybridized carbons (Fsp3) is 0.562. The van der Waals surface area contributed by atoms with Crippen LogP contribution in [0.1, 0.15) is 44.6 Å². The number of rotatable bonds is 2. The molecule has 2 nitrogen and oxygen atoms in total. The van der Waals surface area contributed by atoms with Gasteiger partial charge in [0.15, 0.2) is 0 Å². The minimum Gasteiger partial charge on any atom is -0.481 e. The van der Waals surface area contributed by atoms with Gasteiger partial charge in [-0.25, -0.2) is 0 Å². The van der Waals surface area contributed by atoms with Crippen LogP contribution in [0.15, 0.2) is 30.3 Å². The van der Waals surface area contributed by atoms with Crippen molar-refractivity contribution in [1.82, 2.24) is 0 Å². The van der Waals surface area contributed by atoms with Crippen molar-refractivity contribution >= 4 is 5.97 Å². The molecule has 1 aromatic carbocycles. The molecule has 18 heavy (non-hydrogen) atoms. The monoisotopic (exact) mass is 244 g/mol. The van der Waals surface area contributed by atoms with Crippen molar-refractivity contribution in [3.8, 4) is 0 Å². The predicted octanol–water partition coefficient (Wildman–Crippen LogP) is 3.61. The minimum atomic E-state index is -0.573. The minimum absolute atomic E-state index is 0.248. The van der Waals surface area contributed by atoms with Crippen molar-refractivity contribution in [1.29, 1.82) is 0 Å². The second-order valence-corrected chi connectivity index (χ2v) is 6.21. The Kier molecular flexibility index (Phi) is 2.51. The van der Waals surface area contributed by atoms with E-state index in [9.17, 15) is 9.90 Å². The Morgan fingerprint density at radius 1 is 1.17 bits per heavy atom. The van der Waals surface area contributed by atoms with E-state index in [4.69, 9.17) is 0 Å². The molecule has 3 aliphatic carbocycles. The van der Waals surface area contributed by atoms with Gasteiger partial charge in [0.1, 0.15) is 0 Å². The van der Waals surface area contributed by atoms with Crippen LogP contribution in [0, 0.1) is 11.3 Å². The van der Waals surface area contributed by atoms with E-state index in [-0.39, 0.29) is 11.3 Å². The molecule has 0 amide bonds. The van der Waals surface area contributed by atoms with Gasteiger partial charge in [0.25, 0.3) is 0 Å². The summed E-state index contributed by atoms with van der Waals surface area (Å²) in [5.41, 5.74) is 1.23. The van der Waals surface area contributed by atoms with Crippen LogP contribution in [-0.2, 0) is 10.2 Å². The van der Waals surface area contributed by atoms with Crippen LogP contribution in [0.2, 0.25) is 0 Å². The second kappa shape index (κ2) is 3.84. The van der Waals surface area contributed by atoms with E-state index in [0.29, 0.717) is 0 Å². The summed E-state index contributed by atoms with van der Waals surface area (Å²) in [5, 5.41) is 9.54. The standard InChI is InChI=1S/C16H20O2/c1-12-11-15(13-5-3-2-4-6-13)7-9-16(12,10-8-15)14(17)18/h2-6,12H,7-11H2,1H3,(H,17,18). The summed E-state index contributed by atoms with van der Waals surface area (Å²) in [6, 6.07) is 10.7. The van der Waals surface area contributed by atoms with E-state index in [0.717, 1.165) is 32.1 Å². The zero-order valence-electron chi connectivity index (χ0n) is 10.9. The van der Waals surface area contributed by atoms with Gasteiger partial charge < -0.3 is 5.11 Å². The molecular formula is C16H20O2. The molecular weight excluding hydrogens is 224 g/mol. The molecule has 2 heteroatoms. The first kappa shape index (κ1) is 11.8. The van der Waals surface area contributed by atoms with Gasteiger partial charge in [-0.2, -0.15) is 0 Å². The van der Waals surface area contributed by atoms with Crippen molar-refractivity contribution in [2.24, 2.45) is 11.3 Å². The topological polar surface area (TPSA) is 37.3 Å². The molecule has 1 aromatic rings. The van der Waals surface area contributed by atoms with Crippen LogP contribution in [0.5, 0.6) is 0 Å². The molecule has 0 heterocycles. The fourth-order valence-corrected chi connectivity index (χ4v) is 4.28. The Labute approximate surface area is 108 Å². The molecule has 3 fully saturated rings. The third-order valence-electron chi connectivity index (χ3n) is 5.55. The van der Waals surface area contributed by atoms with Crippen LogP contribution in [-0.4, -0.2) is 11.1 Å². The van der Waals surface area contributed by atoms with E-state index in [1.165, 1.54) is 5.56 Å². The van der Waals surface area contributed by atoms with E-state index in [1.54, 1.807) is 0 Å². The molecule has 1 unspecified atom stereocenters. The third-order valence-corrected chi connectivity index (χ3v) is 5.55. The quantitative estimate of drug-likeness (QED) is 0.863. The van der Waals surface area contributed by atoms with Gasteiger partial charge in [0.05, 0.1) is 5.41 Å². The maximum atomic E-state index is 11.6. The van der Waals surface area contributed by atoms with Crippen molar-refractivity contribution in [3.63, 3.8) is 0 Å². The van der Waals surface area contributed by atoms with E-state index in [2.05, 4.69) is 37.3 Å². The van der Waals surface area contributed by atoms with Crippen LogP contribution < -0.4 is 0 Å². The Morgan fingerprint density at radius 2 is 1.78 bits per heavy atom. The van der Waals surface area contributed by atoms with E-state index in [1.807, 2.05) is 0 Å². The number of aliphatic carboxylic acids is 1. The van der Waals surface area contributed by atoms with E-state index < -0.39 is 11.4 Å². The summed E-state index contributed by atoms with van der Waals surface area (Å²) in [4.78, 5) is 11.6. The van der Waals surface area contributed by atoms with Crippen LogP contribution >= 0.6 is 0 Å². The molecule has 3 saturated carbocycles. The first-order chi connectivity index (χ1) is 8.59. The highest BCUT2D eigenvalue weighted by Crippen LogP contribution is 2.60. The molecule has 0 spiro atoms. The maximum absolute atomic E-state index is 11.6. The van der Waals surface area contributed by atoms with Crippen molar-refractivity contribution in [3.05, 3.63) is 35.9 Å². The van der Waals surface area contributed by atoms with E-state index >= 15 is 0 Å². The highest BCUT2D eigenvalue weighted by Gasteiger charge is 2.56. The number of hydrogen-bond acceptors (Lipinski definition) is 1. The fourth-order valence-electron chi connectivity index (χ4n) is 4.28. The van der Waals surface area contributed by atoms with Crippen LogP contribution in [0.3, 0.4) is 0 Å². The largest absolute Gasteiger partial charge is 0.481 e. The first-order valence-electron chi connectivity index (χ1n) is 6.88. The number of fused-ring (bicyclic) bond motifs is 3. The summed E-state index contributed by atoms with van der Waals surface area (Å²) in [6.45, 7) is 2.13. The molecule has 96 valence electrons. The average molecular weight is 244 g/mol. The number of benzene rings is 1. The van der Waals surface area contributed by atoms with Gasteiger partial charge in [-0.3, -0.25) is 4.79 Å². The first-order valence-corrected chi connectivity index (χ1v) is 6.88. The Bertz CT molecular complexity index is 455. The number of carboxylic acid groups (broad SMARTS) is 1. The number of carboxylic acids is 1. The van der Waals surface area contributed by atoms with Gasteiger partial charge in [-0.15, -0.1) is 0 Å². The highest BCUT2D eigenvalue weighted by atomic mass is 16.4. The van der Waals surface area contributed by atoms with Crippen LogP contribution in [0.4, 0.5) is 0 Å². The van der Waals surface area contributed by atoms with Crippen molar-refractivity contribution in [2.75, 3.05) is 0 Å². The van der Waals surface area contributed by atoms with Gasteiger partial charge >= 0.3 is 5.97 Å². The van der Waals surface area contributed by atoms with Crippen molar-refractivity contribution in [2.45, 2.75) is 44.4 Å². The molecule has 4 rings (SSSR count). The maximum Gasteiger partial charge on any atom is 0.309 e. The van der Waals surface area contributed by atoms with Gasteiger partial charge in [-0.05, 0) is 49.0 Å². The summed E-state index contributed by atoms with van der Waals surface area (Å²) in [7, 11) is 0. The smallest absolute Gasteiger partial charge is 0.309 e. The lowest BCUT2D eigenvalue weighted by Crippen LogP contribution is -2.52. The lowest BCUT2D eigenvalue weighted by Gasteiger charge is -2.55. The summed E-state index contributed by atoms with van der Waals surface area (Å²) in [5.74, 6) is -0.283. The SMILES string of the molecule is CC1CC2(c3ccccc3)CCC1(C(=O)O)CC2. The zero-order chi connectivity index (χ0) is 12.8. The van der Waals surface area contributed by atoms with Gasteiger partial charge in [0, 0.05) is 0 Å². The molecule has 1 N–H and O–H groups in total. The third kappa shape index (κ3) is 1.44. The highest BCUT2D eigenvalue weighted by molar-refractivity contribution is 5.75. The molecule has 0 aliphatic heterocycles. The molecule has 0 radical (unpaired) electrons. The zero-order valence-corrected chi connectivity index (χ0v) is 10.9. The Hall–Kier alpha value is -1.31. The molecule has 0 saturated heterocycles. The summed E-state index contributed by atoms with van der Waals surface area (Å²) >= 11 is 0. The lowest BCUT2D eigenvalue weighted by atomic mass is 9.48. The Balaban J connectivity index is 1.95. The molecule has 0 aromatic heterocycles. The number of hydrogen-bond donors (Lipinski definition) is 1. The lowest BCUT2D eigenvalue weighted by molar-refractivity contribution is -0.162. The average Bonchev–Trinajstić information content (AvgIpc) is 2.41. The molecule has 1 atom stereocenters.